The molecule has 0 radical (unpaired) electrons. The number of carboxylic acids is 1. The average Bonchev–Trinajstić information content (AvgIpc) is 2.16. The van der Waals surface area contributed by atoms with E-state index in [4.69, 9.17) is 16.7 Å². The summed E-state index contributed by atoms with van der Waals surface area (Å²) in [7, 11) is 0. The molecule has 1 atom stereocenters. The Morgan fingerprint density at radius 3 is 2.53 bits per heavy atom. The van der Waals surface area contributed by atoms with Crippen LogP contribution in [0, 0.1) is 0 Å². The van der Waals surface area contributed by atoms with E-state index in [1.165, 1.54) is 12.1 Å². The Morgan fingerprint density at radius 2 is 2.07 bits per heavy atom. The van der Waals surface area contributed by atoms with Gasteiger partial charge in [-0.15, -0.1) is 0 Å². The number of carbonyl (C=O) groups is 1. The van der Waals surface area contributed by atoms with Crippen molar-refractivity contribution in [3.05, 3.63) is 34.9 Å². The molecule has 6 heteroatoms. The third kappa shape index (κ3) is 2.41. The summed E-state index contributed by atoms with van der Waals surface area (Å²) in [6, 6.07) is 4.65. The standard InChI is InChI=1S/C9H6ClF3O2/c10-6-3-1-2-5(4-6)7(11)9(12,13)8(14)15/h1-4,7H,(H,14,15). The van der Waals surface area contributed by atoms with Gasteiger partial charge < -0.3 is 5.11 Å². The minimum Gasteiger partial charge on any atom is -0.477 e. The third-order valence-electron chi connectivity index (χ3n) is 1.74. The second-order valence-electron chi connectivity index (χ2n) is 2.85. The van der Waals surface area contributed by atoms with E-state index in [1.54, 1.807) is 0 Å². The van der Waals surface area contributed by atoms with E-state index in [-0.39, 0.29) is 5.02 Å². The quantitative estimate of drug-likeness (QED) is 0.879. The van der Waals surface area contributed by atoms with Crippen molar-refractivity contribution in [2.45, 2.75) is 12.1 Å². The van der Waals surface area contributed by atoms with Crippen molar-refractivity contribution in [3.63, 3.8) is 0 Å². The van der Waals surface area contributed by atoms with Gasteiger partial charge in [-0.2, -0.15) is 8.78 Å². The molecule has 0 aromatic heterocycles. The lowest BCUT2D eigenvalue weighted by atomic mass is 10.1. The second kappa shape index (κ2) is 4.10. The fourth-order valence-corrected chi connectivity index (χ4v) is 1.18. The van der Waals surface area contributed by atoms with Crippen LogP contribution in [-0.2, 0) is 4.79 Å². The minimum atomic E-state index is -4.45. The summed E-state index contributed by atoms with van der Waals surface area (Å²) in [6.07, 6.45) is -2.91. The van der Waals surface area contributed by atoms with Crippen LogP contribution in [0.5, 0.6) is 0 Å². The molecular weight excluding hydrogens is 233 g/mol. The van der Waals surface area contributed by atoms with Gasteiger partial charge in [0.1, 0.15) is 0 Å². The van der Waals surface area contributed by atoms with Crippen LogP contribution >= 0.6 is 11.6 Å². The maximum absolute atomic E-state index is 13.2. The minimum absolute atomic E-state index is 0.0661. The smallest absolute Gasteiger partial charge is 0.378 e. The first kappa shape index (κ1) is 11.8. The molecule has 0 saturated carbocycles. The maximum atomic E-state index is 13.2. The lowest BCUT2D eigenvalue weighted by Gasteiger charge is -2.16. The molecule has 0 spiro atoms. The largest absolute Gasteiger partial charge is 0.477 e. The summed E-state index contributed by atoms with van der Waals surface area (Å²) in [5.74, 6) is -6.96. The molecule has 0 amide bonds. The van der Waals surface area contributed by atoms with E-state index >= 15 is 0 Å². The topological polar surface area (TPSA) is 37.3 Å². The molecule has 0 aliphatic heterocycles. The first-order chi connectivity index (χ1) is 6.85. The van der Waals surface area contributed by atoms with Gasteiger partial charge >= 0.3 is 11.9 Å². The molecule has 0 bridgehead atoms. The average molecular weight is 239 g/mol. The van der Waals surface area contributed by atoms with Gasteiger partial charge in [0.2, 0.25) is 0 Å². The highest BCUT2D eigenvalue weighted by Crippen LogP contribution is 2.35. The first-order valence-corrected chi connectivity index (χ1v) is 4.24. The molecule has 15 heavy (non-hydrogen) atoms. The molecule has 0 aliphatic rings. The zero-order chi connectivity index (χ0) is 11.6. The molecule has 0 saturated heterocycles. The van der Waals surface area contributed by atoms with Gasteiger partial charge in [-0.1, -0.05) is 23.7 Å². The summed E-state index contributed by atoms with van der Waals surface area (Å²) in [5.41, 5.74) is -0.463. The van der Waals surface area contributed by atoms with Crippen LogP contribution in [0.2, 0.25) is 5.02 Å². The van der Waals surface area contributed by atoms with Gasteiger partial charge in [-0.05, 0) is 17.7 Å². The van der Waals surface area contributed by atoms with Crippen LogP contribution in [0.25, 0.3) is 0 Å². The van der Waals surface area contributed by atoms with Crippen molar-refractivity contribution in [2.24, 2.45) is 0 Å². The SMILES string of the molecule is O=C(O)C(F)(F)C(F)c1cccc(Cl)c1. The summed E-state index contributed by atoms with van der Waals surface area (Å²) in [4.78, 5) is 10.1. The van der Waals surface area contributed by atoms with Gasteiger partial charge in [-0.3, -0.25) is 0 Å². The van der Waals surface area contributed by atoms with E-state index in [1.807, 2.05) is 0 Å². The van der Waals surface area contributed by atoms with E-state index in [2.05, 4.69) is 0 Å². The predicted molar refractivity (Wildman–Crippen MR) is 47.9 cm³/mol. The predicted octanol–water partition coefficient (Wildman–Crippen LogP) is 3.07. The highest BCUT2D eigenvalue weighted by molar-refractivity contribution is 6.30. The number of alkyl halides is 3. The molecule has 1 N–H and O–H groups in total. The fraction of sp³-hybridized carbons (Fsp3) is 0.222. The van der Waals surface area contributed by atoms with Gasteiger partial charge in [-0.25, -0.2) is 9.18 Å². The number of aliphatic carboxylic acids is 1. The second-order valence-corrected chi connectivity index (χ2v) is 3.28. The van der Waals surface area contributed by atoms with Crippen molar-refractivity contribution in [3.8, 4) is 0 Å². The van der Waals surface area contributed by atoms with Crippen LogP contribution < -0.4 is 0 Å². The molecule has 0 fully saturated rings. The summed E-state index contributed by atoms with van der Waals surface area (Å²) >= 11 is 5.46. The van der Waals surface area contributed by atoms with E-state index in [9.17, 15) is 18.0 Å². The van der Waals surface area contributed by atoms with Crippen molar-refractivity contribution >= 4 is 17.6 Å². The monoisotopic (exact) mass is 238 g/mol. The van der Waals surface area contributed by atoms with E-state index < -0.39 is 23.6 Å². The van der Waals surface area contributed by atoms with Gasteiger partial charge in [0.15, 0.2) is 6.17 Å². The number of hydrogen-bond donors (Lipinski definition) is 1. The van der Waals surface area contributed by atoms with Crippen LogP contribution in [0.4, 0.5) is 13.2 Å². The lowest BCUT2D eigenvalue weighted by Crippen LogP contribution is -2.33. The third-order valence-corrected chi connectivity index (χ3v) is 1.98. The Labute approximate surface area is 88.3 Å². The molecule has 2 nitrogen and oxygen atoms in total. The van der Waals surface area contributed by atoms with E-state index in [0.717, 1.165) is 12.1 Å². The van der Waals surface area contributed by atoms with Crippen molar-refractivity contribution in [2.75, 3.05) is 0 Å². The fourth-order valence-electron chi connectivity index (χ4n) is 0.982. The molecule has 0 heterocycles. The van der Waals surface area contributed by atoms with Crippen LogP contribution in [-0.4, -0.2) is 17.0 Å². The molecule has 0 aliphatic carbocycles. The molecule has 1 rings (SSSR count). The normalized spacial score (nSPS) is 13.6. The molecule has 1 unspecified atom stereocenters. The highest BCUT2D eigenvalue weighted by atomic mass is 35.5. The number of hydrogen-bond acceptors (Lipinski definition) is 1. The van der Waals surface area contributed by atoms with Gasteiger partial charge in [0, 0.05) is 5.02 Å². The summed E-state index contributed by atoms with van der Waals surface area (Å²) < 4.78 is 38.6. The molecule has 82 valence electrons. The Hall–Kier alpha value is -1.23. The van der Waals surface area contributed by atoms with Gasteiger partial charge in [0.05, 0.1) is 0 Å². The molecule has 1 aromatic rings. The Kier molecular flexibility index (Phi) is 3.24. The Morgan fingerprint density at radius 1 is 1.47 bits per heavy atom. The van der Waals surface area contributed by atoms with E-state index in [0.29, 0.717) is 0 Å². The lowest BCUT2D eigenvalue weighted by molar-refractivity contribution is -0.175. The Bertz CT molecular complexity index is 381. The molecule has 1 aromatic carbocycles. The molecular formula is C9H6ClF3O2. The number of carboxylic acid groups (broad SMARTS) is 1. The number of benzene rings is 1. The first-order valence-electron chi connectivity index (χ1n) is 3.86. The summed E-state index contributed by atoms with van der Waals surface area (Å²) in [5, 5.41) is 8.19. The number of halogens is 4. The van der Waals surface area contributed by atoms with Gasteiger partial charge in [0.25, 0.3) is 0 Å². The van der Waals surface area contributed by atoms with Crippen molar-refractivity contribution in [1.82, 2.24) is 0 Å². The van der Waals surface area contributed by atoms with Crippen LogP contribution in [0.1, 0.15) is 11.7 Å². The van der Waals surface area contributed by atoms with Crippen LogP contribution in [0.3, 0.4) is 0 Å². The maximum Gasteiger partial charge on any atom is 0.378 e. The zero-order valence-corrected chi connectivity index (χ0v) is 8.01. The zero-order valence-electron chi connectivity index (χ0n) is 7.25. The number of rotatable bonds is 3. The van der Waals surface area contributed by atoms with Crippen LogP contribution in [0.15, 0.2) is 24.3 Å². The van der Waals surface area contributed by atoms with Crippen molar-refractivity contribution < 1.29 is 23.1 Å². The van der Waals surface area contributed by atoms with Crippen molar-refractivity contribution in [1.29, 1.82) is 0 Å². The summed E-state index contributed by atoms with van der Waals surface area (Å²) in [6.45, 7) is 0. The highest BCUT2D eigenvalue weighted by Gasteiger charge is 2.49. The Balaban J connectivity index is 3.04.